The molecule has 0 amide bonds. The molecule has 0 fully saturated rings. The monoisotopic (exact) mass is 219 g/mol. The lowest BCUT2D eigenvalue weighted by molar-refractivity contribution is 0.0946. The van der Waals surface area contributed by atoms with E-state index in [1.54, 1.807) is 0 Å². The fourth-order valence-corrected chi connectivity index (χ4v) is 1.92. The number of hydrogen-bond donors (Lipinski definition) is 0. The van der Waals surface area contributed by atoms with Gasteiger partial charge in [0.1, 0.15) is 0 Å². The largest absolute Gasteiger partial charge is 0.299 e. The zero-order valence-corrected chi connectivity index (χ0v) is 10.7. The molecule has 88 valence electrons. The molecule has 0 aliphatic heterocycles. The van der Waals surface area contributed by atoms with E-state index in [9.17, 15) is 4.79 Å². The number of likely N-dealkylation sites (N-methyl/N-ethyl adjacent to an activating group) is 1. The Labute approximate surface area is 98.3 Å². The number of rotatable bonds is 5. The van der Waals surface area contributed by atoms with Gasteiger partial charge in [-0.25, -0.2) is 0 Å². The van der Waals surface area contributed by atoms with E-state index in [0.29, 0.717) is 6.54 Å². The Bertz CT molecular complexity index is 371. The SMILES string of the molecule is CCCN(C)CC(=O)c1ccc(C)cc1C. The van der Waals surface area contributed by atoms with Crippen molar-refractivity contribution in [3.05, 3.63) is 34.9 Å². The Hall–Kier alpha value is -1.15. The van der Waals surface area contributed by atoms with Crippen LogP contribution in [0.1, 0.15) is 34.8 Å². The third-order valence-corrected chi connectivity index (χ3v) is 2.70. The van der Waals surface area contributed by atoms with Crippen LogP contribution in [0.3, 0.4) is 0 Å². The molecule has 0 aliphatic rings. The fourth-order valence-electron chi connectivity index (χ4n) is 1.92. The maximum absolute atomic E-state index is 12.0. The van der Waals surface area contributed by atoms with Crippen molar-refractivity contribution in [1.29, 1.82) is 0 Å². The van der Waals surface area contributed by atoms with Gasteiger partial charge in [0.05, 0.1) is 6.54 Å². The molecule has 1 rings (SSSR count). The van der Waals surface area contributed by atoms with Crippen LogP contribution >= 0.6 is 0 Å². The van der Waals surface area contributed by atoms with E-state index in [4.69, 9.17) is 0 Å². The maximum atomic E-state index is 12.0. The molecule has 0 N–H and O–H groups in total. The van der Waals surface area contributed by atoms with Gasteiger partial charge in [0, 0.05) is 5.56 Å². The second kappa shape index (κ2) is 5.80. The van der Waals surface area contributed by atoms with E-state index in [1.807, 2.05) is 33.0 Å². The zero-order chi connectivity index (χ0) is 12.1. The number of Topliss-reactive ketones (excluding diaryl/α,β-unsaturated/α-hetero) is 1. The molecule has 0 spiro atoms. The van der Waals surface area contributed by atoms with Crippen LogP contribution in [0.2, 0.25) is 0 Å². The smallest absolute Gasteiger partial charge is 0.177 e. The third kappa shape index (κ3) is 3.46. The van der Waals surface area contributed by atoms with Gasteiger partial charge < -0.3 is 0 Å². The Morgan fingerprint density at radius 3 is 2.56 bits per heavy atom. The summed E-state index contributed by atoms with van der Waals surface area (Å²) in [5, 5.41) is 0. The average molecular weight is 219 g/mol. The topological polar surface area (TPSA) is 20.3 Å². The summed E-state index contributed by atoms with van der Waals surface area (Å²) in [6.45, 7) is 7.65. The van der Waals surface area contributed by atoms with Crippen molar-refractivity contribution in [1.82, 2.24) is 4.90 Å². The molecule has 2 nitrogen and oxygen atoms in total. The van der Waals surface area contributed by atoms with Gasteiger partial charge in [-0.2, -0.15) is 0 Å². The van der Waals surface area contributed by atoms with Crippen LogP contribution in [0, 0.1) is 13.8 Å². The first-order valence-corrected chi connectivity index (χ1v) is 5.83. The highest BCUT2D eigenvalue weighted by molar-refractivity contribution is 5.98. The first kappa shape index (κ1) is 12.9. The molecule has 0 atom stereocenters. The second-order valence-corrected chi connectivity index (χ2v) is 4.48. The lowest BCUT2D eigenvalue weighted by Crippen LogP contribution is -2.27. The van der Waals surface area contributed by atoms with Crippen LogP contribution in [-0.2, 0) is 0 Å². The minimum absolute atomic E-state index is 0.216. The number of ketones is 1. The minimum Gasteiger partial charge on any atom is -0.299 e. The van der Waals surface area contributed by atoms with Crippen LogP contribution in [-0.4, -0.2) is 30.8 Å². The molecular formula is C14H21NO. The highest BCUT2D eigenvalue weighted by Gasteiger charge is 2.10. The third-order valence-electron chi connectivity index (χ3n) is 2.70. The lowest BCUT2D eigenvalue weighted by atomic mass is 10.0. The van der Waals surface area contributed by atoms with Gasteiger partial charge >= 0.3 is 0 Å². The maximum Gasteiger partial charge on any atom is 0.177 e. The number of aryl methyl sites for hydroxylation is 2. The molecule has 0 aromatic heterocycles. The van der Waals surface area contributed by atoms with E-state index in [1.165, 1.54) is 5.56 Å². The number of carbonyl (C=O) groups is 1. The normalized spacial score (nSPS) is 10.8. The lowest BCUT2D eigenvalue weighted by Gasteiger charge is -2.15. The van der Waals surface area contributed by atoms with Crippen LogP contribution < -0.4 is 0 Å². The number of nitrogens with zero attached hydrogens (tertiary/aromatic N) is 1. The standard InChI is InChI=1S/C14H21NO/c1-5-8-15(4)10-14(16)13-7-6-11(2)9-12(13)3/h6-7,9H,5,8,10H2,1-4H3. The van der Waals surface area contributed by atoms with Crippen molar-refractivity contribution in [3.63, 3.8) is 0 Å². The predicted octanol–water partition coefficient (Wildman–Crippen LogP) is 2.83. The van der Waals surface area contributed by atoms with Gasteiger partial charge in [-0.3, -0.25) is 9.69 Å². The highest BCUT2D eigenvalue weighted by atomic mass is 16.1. The molecule has 1 aromatic carbocycles. The summed E-state index contributed by atoms with van der Waals surface area (Å²) in [6, 6.07) is 6.00. The molecule has 0 heterocycles. The van der Waals surface area contributed by atoms with Crippen LogP contribution in [0.25, 0.3) is 0 Å². The van der Waals surface area contributed by atoms with Crippen molar-refractivity contribution in [3.8, 4) is 0 Å². The summed E-state index contributed by atoms with van der Waals surface area (Å²) < 4.78 is 0. The van der Waals surface area contributed by atoms with E-state index in [0.717, 1.165) is 24.1 Å². The van der Waals surface area contributed by atoms with Crippen molar-refractivity contribution < 1.29 is 4.79 Å². The molecule has 0 unspecified atom stereocenters. The van der Waals surface area contributed by atoms with Gasteiger partial charge in [-0.1, -0.05) is 30.7 Å². The van der Waals surface area contributed by atoms with Crippen LogP contribution in [0.15, 0.2) is 18.2 Å². The van der Waals surface area contributed by atoms with Crippen LogP contribution in [0.5, 0.6) is 0 Å². The Balaban J connectivity index is 2.73. The molecule has 0 saturated heterocycles. The quantitative estimate of drug-likeness (QED) is 0.710. The van der Waals surface area contributed by atoms with E-state index < -0.39 is 0 Å². The Morgan fingerprint density at radius 2 is 2.00 bits per heavy atom. The molecule has 0 radical (unpaired) electrons. The molecule has 0 bridgehead atoms. The summed E-state index contributed by atoms with van der Waals surface area (Å²) in [5.74, 6) is 0.216. The van der Waals surface area contributed by atoms with Crippen molar-refractivity contribution >= 4 is 5.78 Å². The summed E-state index contributed by atoms with van der Waals surface area (Å²) >= 11 is 0. The van der Waals surface area contributed by atoms with E-state index in [2.05, 4.69) is 17.9 Å². The molecule has 0 aliphatic carbocycles. The first-order valence-electron chi connectivity index (χ1n) is 5.83. The van der Waals surface area contributed by atoms with Gasteiger partial charge in [0.25, 0.3) is 0 Å². The number of carbonyl (C=O) groups excluding carboxylic acids is 1. The molecule has 16 heavy (non-hydrogen) atoms. The summed E-state index contributed by atoms with van der Waals surface area (Å²) in [6.07, 6.45) is 1.08. The van der Waals surface area contributed by atoms with E-state index in [-0.39, 0.29) is 5.78 Å². The van der Waals surface area contributed by atoms with Crippen molar-refractivity contribution in [2.45, 2.75) is 27.2 Å². The van der Waals surface area contributed by atoms with Crippen molar-refractivity contribution in [2.75, 3.05) is 20.1 Å². The number of benzene rings is 1. The second-order valence-electron chi connectivity index (χ2n) is 4.48. The molecule has 2 heteroatoms. The average Bonchev–Trinajstić information content (AvgIpc) is 2.17. The van der Waals surface area contributed by atoms with Crippen LogP contribution in [0.4, 0.5) is 0 Å². The molecular weight excluding hydrogens is 198 g/mol. The van der Waals surface area contributed by atoms with E-state index >= 15 is 0 Å². The predicted molar refractivity (Wildman–Crippen MR) is 68.0 cm³/mol. The van der Waals surface area contributed by atoms with Gasteiger partial charge in [-0.15, -0.1) is 0 Å². The molecule has 1 aromatic rings. The number of hydrogen-bond acceptors (Lipinski definition) is 2. The van der Waals surface area contributed by atoms with Gasteiger partial charge in [0.2, 0.25) is 0 Å². The fraction of sp³-hybridized carbons (Fsp3) is 0.500. The highest BCUT2D eigenvalue weighted by Crippen LogP contribution is 2.11. The zero-order valence-electron chi connectivity index (χ0n) is 10.7. The minimum atomic E-state index is 0.216. The first-order chi connectivity index (χ1) is 7.54. The summed E-state index contributed by atoms with van der Waals surface area (Å²) in [7, 11) is 1.99. The molecule has 0 saturated carbocycles. The van der Waals surface area contributed by atoms with Gasteiger partial charge in [0.15, 0.2) is 5.78 Å². The summed E-state index contributed by atoms with van der Waals surface area (Å²) in [5.41, 5.74) is 3.14. The Morgan fingerprint density at radius 1 is 1.31 bits per heavy atom. The van der Waals surface area contributed by atoms with Crippen molar-refractivity contribution in [2.24, 2.45) is 0 Å². The van der Waals surface area contributed by atoms with Gasteiger partial charge in [-0.05, 0) is 39.4 Å². The summed E-state index contributed by atoms with van der Waals surface area (Å²) in [4.78, 5) is 14.1. The Kier molecular flexibility index (Phi) is 4.69.